The lowest BCUT2D eigenvalue weighted by atomic mass is 9.93. The molecule has 8 heteroatoms. The van der Waals surface area contributed by atoms with Crippen molar-refractivity contribution in [1.82, 2.24) is 15.1 Å². The fourth-order valence-corrected chi connectivity index (χ4v) is 5.01. The summed E-state index contributed by atoms with van der Waals surface area (Å²) in [7, 11) is 0. The summed E-state index contributed by atoms with van der Waals surface area (Å²) >= 11 is 7.54. The average Bonchev–Trinajstić information content (AvgIpc) is 3.50. The van der Waals surface area contributed by atoms with Crippen LogP contribution in [0.4, 0.5) is 5.69 Å². The van der Waals surface area contributed by atoms with Crippen molar-refractivity contribution in [3.05, 3.63) is 94.0 Å². The maximum Gasteiger partial charge on any atom is 0.277 e. The predicted molar refractivity (Wildman–Crippen MR) is 135 cm³/mol. The fraction of sp³-hybridized carbons (Fsp3) is 0.192. The number of carbonyl (C=O) groups excluding carboxylic acids is 2. The quantitative estimate of drug-likeness (QED) is 0.412. The lowest BCUT2D eigenvalue weighted by Crippen LogP contribution is -2.64. The topological polar surface area (TPSA) is 67.2 Å². The van der Waals surface area contributed by atoms with Gasteiger partial charge in [-0.3, -0.25) is 19.2 Å². The molecule has 1 atom stereocenters. The van der Waals surface area contributed by atoms with Gasteiger partial charge in [-0.1, -0.05) is 47.5 Å². The summed E-state index contributed by atoms with van der Waals surface area (Å²) in [4.78, 5) is 30.0. The number of hydrogen-bond donors (Lipinski definition) is 1. The Hall–Kier alpha value is -3.42. The van der Waals surface area contributed by atoms with Crippen molar-refractivity contribution in [2.45, 2.75) is 32.5 Å². The normalized spacial score (nSPS) is 17.5. The molecule has 3 heterocycles. The molecule has 2 amide bonds. The summed E-state index contributed by atoms with van der Waals surface area (Å²) in [6, 6.07) is 20.7. The first-order valence-electron chi connectivity index (χ1n) is 10.9. The number of carbonyl (C=O) groups is 2. The highest BCUT2D eigenvalue weighted by atomic mass is 35.5. The third kappa shape index (κ3) is 4.02. The van der Waals surface area contributed by atoms with Crippen LogP contribution in [0.15, 0.2) is 72.1 Å². The number of nitrogens with zero attached hydrogens (tertiary/aromatic N) is 3. The van der Waals surface area contributed by atoms with Gasteiger partial charge in [-0.2, -0.15) is 5.10 Å². The molecule has 1 N–H and O–H groups in total. The van der Waals surface area contributed by atoms with E-state index in [-0.39, 0.29) is 18.4 Å². The lowest BCUT2D eigenvalue weighted by Gasteiger charge is -2.43. The Bertz CT molecular complexity index is 1350. The van der Waals surface area contributed by atoms with Gasteiger partial charge in [0.2, 0.25) is 5.91 Å². The first-order valence-corrected chi connectivity index (χ1v) is 12.2. The van der Waals surface area contributed by atoms with Crippen LogP contribution in [0.1, 0.15) is 28.5 Å². The van der Waals surface area contributed by atoms with Crippen molar-refractivity contribution in [1.29, 1.82) is 0 Å². The molecule has 0 fully saturated rings. The molecular weight excluding hydrogens is 468 g/mol. The standard InChI is InChI=1S/C26H23ClN4O2S/c1-17-5-11-20(12-6-17)31-24(32)22-14-21(23-4-3-13-34-23)29-30(22)16-26(31,2)25(33)28-15-18-7-9-19(27)10-8-18/h3-14H,15-16H2,1-2H3,(H,28,33)/t26-/m1/s1. The first-order chi connectivity index (χ1) is 16.3. The van der Waals surface area contributed by atoms with E-state index in [9.17, 15) is 9.59 Å². The van der Waals surface area contributed by atoms with E-state index < -0.39 is 5.54 Å². The third-order valence-corrected chi connectivity index (χ3v) is 7.22. The molecule has 2 aromatic heterocycles. The highest BCUT2D eigenvalue weighted by molar-refractivity contribution is 7.13. The second-order valence-electron chi connectivity index (χ2n) is 8.61. The molecule has 2 aromatic carbocycles. The molecule has 0 bridgehead atoms. The van der Waals surface area contributed by atoms with Gasteiger partial charge in [0, 0.05) is 17.3 Å². The second-order valence-corrected chi connectivity index (χ2v) is 9.99. The zero-order valence-corrected chi connectivity index (χ0v) is 20.4. The first kappa shape index (κ1) is 22.4. The Labute approximate surface area is 206 Å². The smallest absolute Gasteiger partial charge is 0.277 e. The van der Waals surface area contributed by atoms with Crippen LogP contribution in [-0.4, -0.2) is 27.1 Å². The number of hydrogen-bond acceptors (Lipinski definition) is 4. The molecule has 5 rings (SSSR count). The average molecular weight is 491 g/mol. The minimum absolute atomic E-state index is 0.236. The third-order valence-electron chi connectivity index (χ3n) is 6.07. The number of thiophene rings is 1. The Morgan fingerprint density at radius 2 is 1.88 bits per heavy atom. The van der Waals surface area contributed by atoms with Crippen LogP contribution in [0.5, 0.6) is 0 Å². The summed E-state index contributed by atoms with van der Waals surface area (Å²) in [5, 5.41) is 10.3. The van der Waals surface area contributed by atoms with Crippen LogP contribution in [0, 0.1) is 6.92 Å². The van der Waals surface area contributed by atoms with Crippen LogP contribution in [0.2, 0.25) is 5.02 Å². The molecule has 6 nitrogen and oxygen atoms in total. The van der Waals surface area contributed by atoms with Gasteiger partial charge in [0.1, 0.15) is 16.9 Å². The SMILES string of the molecule is Cc1ccc(N2C(=O)c3cc(-c4cccs4)nn3C[C@]2(C)C(=O)NCc2ccc(Cl)cc2)cc1. The van der Waals surface area contributed by atoms with Crippen molar-refractivity contribution >= 4 is 40.4 Å². The van der Waals surface area contributed by atoms with E-state index in [4.69, 9.17) is 11.6 Å². The summed E-state index contributed by atoms with van der Waals surface area (Å²) in [6.45, 7) is 4.34. The maximum absolute atomic E-state index is 13.8. The summed E-state index contributed by atoms with van der Waals surface area (Å²) in [5.74, 6) is -0.509. The molecule has 0 saturated carbocycles. The zero-order valence-electron chi connectivity index (χ0n) is 18.8. The molecule has 172 valence electrons. The highest BCUT2D eigenvalue weighted by Crippen LogP contribution is 2.35. The van der Waals surface area contributed by atoms with Crippen molar-refractivity contribution in [3.8, 4) is 10.6 Å². The van der Waals surface area contributed by atoms with Crippen LogP contribution < -0.4 is 10.2 Å². The Morgan fingerprint density at radius 1 is 1.15 bits per heavy atom. The molecule has 34 heavy (non-hydrogen) atoms. The van der Waals surface area contributed by atoms with Gasteiger partial charge in [0.05, 0.1) is 11.4 Å². The van der Waals surface area contributed by atoms with Crippen LogP contribution >= 0.6 is 22.9 Å². The van der Waals surface area contributed by atoms with E-state index in [1.54, 1.807) is 46.0 Å². The Morgan fingerprint density at radius 3 is 2.56 bits per heavy atom. The summed E-state index contributed by atoms with van der Waals surface area (Å²) < 4.78 is 1.66. The fourth-order valence-electron chi connectivity index (χ4n) is 4.20. The Kier molecular flexibility index (Phi) is 5.75. The van der Waals surface area contributed by atoms with Gasteiger partial charge >= 0.3 is 0 Å². The number of amides is 2. The summed E-state index contributed by atoms with van der Waals surface area (Å²) in [6.07, 6.45) is 0. The number of rotatable bonds is 5. The monoisotopic (exact) mass is 490 g/mol. The molecule has 0 spiro atoms. The van der Waals surface area contributed by atoms with Gasteiger partial charge in [-0.05, 0) is 61.2 Å². The van der Waals surface area contributed by atoms with Crippen LogP contribution in [-0.2, 0) is 17.9 Å². The van der Waals surface area contributed by atoms with Crippen LogP contribution in [0.3, 0.4) is 0 Å². The Balaban J connectivity index is 1.52. The molecule has 0 radical (unpaired) electrons. The molecule has 1 aliphatic rings. The number of nitrogens with one attached hydrogen (secondary N) is 1. The minimum Gasteiger partial charge on any atom is -0.350 e. The van der Waals surface area contributed by atoms with Crippen molar-refractivity contribution in [2.75, 3.05) is 4.90 Å². The second kappa shape index (κ2) is 8.74. The number of aromatic nitrogens is 2. The zero-order chi connectivity index (χ0) is 23.9. The number of benzene rings is 2. The largest absolute Gasteiger partial charge is 0.350 e. The number of anilines is 1. The van der Waals surface area contributed by atoms with Gasteiger partial charge in [0.15, 0.2) is 0 Å². The molecule has 1 aliphatic heterocycles. The summed E-state index contributed by atoms with van der Waals surface area (Å²) in [5.41, 5.74) is 2.69. The van der Waals surface area contributed by atoms with Crippen molar-refractivity contribution < 1.29 is 9.59 Å². The molecular formula is C26H23ClN4O2S. The van der Waals surface area contributed by atoms with E-state index in [1.807, 2.05) is 60.8 Å². The van der Waals surface area contributed by atoms with Gasteiger partial charge < -0.3 is 5.32 Å². The van der Waals surface area contributed by atoms with E-state index in [2.05, 4.69) is 10.4 Å². The van der Waals surface area contributed by atoms with Crippen molar-refractivity contribution in [3.63, 3.8) is 0 Å². The number of halogens is 1. The van der Waals surface area contributed by atoms with E-state index >= 15 is 0 Å². The van der Waals surface area contributed by atoms with Gasteiger partial charge in [-0.25, -0.2) is 0 Å². The van der Waals surface area contributed by atoms with Gasteiger partial charge in [0.25, 0.3) is 5.91 Å². The molecule has 0 aliphatic carbocycles. The number of aryl methyl sites for hydroxylation is 1. The lowest BCUT2D eigenvalue weighted by molar-refractivity contribution is -0.126. The van der Waals surface area contributed by atoms with E-state index in [1.165, 1.54) is 0 Å². The van der Waals surface area contributed by atoms with E-state index in [0.29, 0.717) is 22.9 Å². The number of fused-ring (bicyclic) bond motifs is 1. The predicted octanol–water partition coefficient (Wildman–Crippen LogP) is 5.31. The van der Waals surface area contributed by atoms with Crippen molar-refractivity contribution in [2.24, 2.45) is 0 Å². The van der Waals surface area contributed by atoms with Crippen LogP contribution in [0.25, 0.3) is 10.6 Å². The van der Waals surface area contributed by atoms with Gasteiger partial charge in [-0.15, -0.1) is 11.3 Å². The minimum atomic E-state index is -1.18. The molecule has 0 unspecified atom stereocenters. The maximum atomic E-state index is 13.8. The molecule has 4 aromatic rings. The highest BCUT2D eigenvalue weighted by Gasteiger charge is 2.48. The van der Waals surface area contributed by atoms with E-state index in [0.717, 1.165) is 21.7 Å². The molecule has 0 saturated heterocycles.